The average Bonchev–Trinajstić information content (AvgIpc) is 3.02. The molecule has 0 saturated heterocycles. The van der Waals surface area contributed by atoms with E-state index >= 15 is 0 Å². The van der Waals surface area contributed by atoms with E-state index in [0.717, 1.165) is 39.0 Å². The number of para-hydroxylation sites is 1. The summed E-state index contributed by atoms with van der Waals surface area (Å²) < 4.78 is 9.76. The summed E-state index contributed by atoms with van der Waals surface area (Å²) in [6.45, 7) is 3.57. The van der Waals surface area contributed by atoms with Gasteiger partial charge in [-0.05, 0) is 58.1 Å². The van der Waals surface area contributed by atoms with E-state index in [1.807, 2.05) is 12.1 Å². The molecule has 0 spiro atoms. The molecule has 1 aromatic carbocycles. The minimum absolute atomic E-state index is 0.710. The maximum atomic E-state index is 5.80. The van der Waals surface area contributed by atoms with Gasteiger partial charge in [0.15, 0.2) is 4.77 Å². The predicted molar refractivity (Wildman–Crippen MR) is 94.0 cm³/mol. The van der Waals surface area contributed by atoms with E-state index in [0.29, 0.717) is 6.61 Å². The fourth-order valence-corrected chi connectivity index (χ4v) is 3.96. The normalized spacial score (nSPS) is 11.1. The van der Waals surface area contributed by atoms with Gasteiger partial charge in [0.25, 0.3) is 0 Å². The van der Waals surface area contributed by atoms with Gasteiger partial charge in [-0.3, -0.25) is 0 Å². The van der Waals surface area contributed by atoms with Crippen molar-refractivity contribution in [2.75, 3.05) is 6.61 Å². The first-order valence-electron chi connectivity index (χ1n) is 6.77. The van der Waals surface area contributed by atoms with Crippen LogP contribution in [0.3, 0.4) is 0 Å². The molecule has 21 heavy (non-hydrogen) atoms. The number of imidazole rings is 1. The highest BCUT2D eigenvalue weighted by Crippen LogP contribution is 2.28. The second kappa shape index (κ2) is 6.34. The number of aromatic nitrogens is 2. The van der Waals surface area contributed by atoms with Crippen LogP contribution in [0.5, 0.6) is 5.75 Å². The standard InChI is InChI=1S/C15H15BrN2OS2/c1-2-7-19-12-5-3-4-11-14(12)17-15(20)18(11)9-13-10(16)6-8-21-13/h3-6,8H,2,7,9H2,1H3,(H,17,20). The van der Waals surface area contributed by atoms with Crippen molar-refractivity contribution in [1.29, 1.82) is 0 Å². The lowest BCUT2D eigenvalue weighted by atomic mass is 10.3. The first-order valence-corrected chi connectivity index (χ1v) is 8.85. The smallest absolute Gasteiger partial charge is 0.178 e. The van der Waals surface area contributed by atoms with Gasteiger partial charge in [0.2, 0.25) is 0 Å². The van der Waals surface area contributed by atoms with Crippen molar-refractivity contribution in [1.82, 2.24) is 9.55 Å². The van der Waals surface area contributed by atoms with Crippen LogP contribution in [0.25, 0.3) is 11.0 Å². The van der Waals surface area contributed by atoms with E-state index in [2.05, 4.69) is 49.9 Å². The molecule has 3 nitrogen and oxygen atoms in total. The highest BCUT2D eigenvalue weighted by molar-refractivity contribution is 9.10. The lowest BCUT2D eigenvalue weighted by molar-refractivity contribution is 0.320. The summed E-state index contributed by atoms with van der Waals surface area (Å²) in [6, 6.07) is 8.13. The molecule has 2 aromatic heterocycles. The number of hydrogen-bond acceptors (Lipinski definition) is 3. The topological polar surface area (TPSA) is 29.9 Å². The van der Waals surface area contributed by atoms with Crippen LogP contribution in [-0.4, -0.2) is 16.2 Å². The number of nitrogens with one attached hydrogen (secondary N) is 1. The van der Waals surface area contributed by atoms with Crippen LogP contribution in [0.2, 0.25) is 0 Å². The van der Waals surface area contributed by atoms with Gasteiger partial charge < -0.3 is 14.3 Å². The lowest BCUT2D eigenvalue weighted by Crippen LogP contribution is -1.99. The second-order valence-corrected chi connectivity index (χ2v) is 6.95. The number of fused-ring (bicyclic) bond motifs is 1. The average molecular weight is 383 g/mol. The molecule has 0 amide bonds. The van der Waals surface area contributed by atoms with Gasteiger partial charge in [-0.2, -0.15) is 0 Å². The summed E-state index contributed by atoms with van der Waals surface area (Å²) >= 11 is 10.8. The van der Waals surface area contributed by atoms with E-state index in [-0.39, 0.29) is 0 Å². The Morgan fingerprint density at radius 1 is 1.38 bits per heavy atom. The van der Waals surface area contributed by atoms with Crippen LogP contribution >= 0.6 is 39.5 Å². The van der Waals surface area contributed by atoms with E-state index in [4.69, 9.17) is 17.0 Å². The van der Waals surface area contributed by atoms with E-state index in [1.165, 1.54) is 4.88 Å². The molecular weight excluding hydrogens is 368 g/mol. The van der Waals surface area contributed by atoms with Crippen molar-refractivity contribution in [2.45, 2.75) is 19.9 Å². The van der Waals surface area contributed by atoms with Gasteiger partial charge in [-0.25, -0.2) is 0 Å². The van der Waals surface area contributed by atoms with E-state index in [9.17, 15) is 0 Å². The Kier molecular flexibility index (Phi) is 4.47. The number of nitrogens with zero attached hydrogens (tertiary/aromatic N) is 1. The molecule has 0 aliphatic rings. The minimum Gasteiger partial charge on any atom is -0.491 e. The van der Waals surface area contributed by atoms with Crippen LogP contribution in [-0.2, 0) is 6.54 Å². The summed E-state index contributed by atoms with van der Waals surface area (Å²) in [7, 11) is 0. The largest absolute Gasteiger partial charge is 0.491 e. The predicted octanol–water partition coefficient (Wildman–Crippen LogP) is 5.36. The quantitative estimate of drug-likeness (QED) is 0.601. The third-order valence-corrected chi connectivity index (χ3v) is 5.46. The van der Waals surface area contributed by atoms with Crippen molar-refractivity contribution >= 4 is 50.5 Å². The SMILES string of the molecule is CCCOc1cccc2c1[nH]c(=S)n2Cc1sccc1Br. The van der Waals surface area contributed by atoms with Crippen molar-refractivity contribution in [3.05, 3.63) is 43.8 Å². The molecule has 6 heteroatoms. The van der Waals surface area contributed by atoms with E-state index < -0.39 is 0 Å². The molecule has 3 aromatic rings. The first kappa shape index (κ1) is 14.8. The van der Waals surface area contributed by atoms with Gasteiger partial charge in [0.05, 0.1) is 18.7 Å². The molecule has 0 atom stereocenters. The van der Waals surface area contributed by atoms with Crippen molar-refractivity contribution in [3.63, 3.8) is 0 Å². The molecule has 0 bridgehead atoms. The molecule has 3 rings (SSSR count). The second-order valence-electron chi connectivity index (χ2n) is 4.71. The molecule has 0 unspecified atom stereocenters. The zero-order valence-electron chi connectivity index (χ0n) is 11.6. The first-order chi connectivity index (χ1) is 10.2. The Balaban J connectivity index is 2.05. The summed E-state index contributed by atoms with van der Waals surface area (Å²) in [4.78, 5) is 4.53. The van der Waals surface area contributed by atoms with Crippen LogP contribution in [0, 0.1) is 4.77 Å². The summed E-state index contributed by atoms with van der Waals surface area (Å²) in [6.07, 6.45) is 0.986. The van der Waals surface area contributed by atoms with Crippen LogP contribution < -0.4 is 4.74 Å². The Morgan fingerprint density at radius 3 is 2.95 bits per heavy atom. The molecule has 0 radical (unpaired) electrons. The molecule has 110 valence electrons. The number of thiophene rings is 1. The molecule has 0 aliphatic carbocycles. The molecule has 0 saturated carbocycles. The number of rotatable bonds is 5. The molecule has 1 N–H and O–H groups in total. The van der Waals surface area contributed by atoms with Gasteiger partial charge in [-0.1, -0.05) is 13.0 Å². The Bertz CT molecular complexity index is 819. The van der Waals surface area contributed by atoms with Crippen LogP contribution in [0.15, 0.2) is 34.1 Å². The number of benzene rings is 1. The summed E-state index contributed by atoms with van der Waals surface area (Å²) in [5.41, 5.74) is 2.05. The lowest BCUT2D eigenvalue weighted by Gasteiger charge is -2.07. The number of ether oxygens (including phenoxy) is 1. The fourth-order valence-electron chi connectivity index (χ4n) is 2.22. The monoisotopic (exact) mass is 382 g/mol. The van der Waals surface area contributed by atoms with Crippen LogP contribution in [0.1, 0.15) is 18.2 Å². The van der Waals surface area contributed by atoms with Gasteiger partial charge in [0, 0.05) is 9.35 Å². The van der Waals surface area contributed by atoms with Crippen LogP contribution in [0.4, 0.5) is 0 Å². The maximum absolute atomic E-state index is 5.80. The Hall–Kier alpha value is -1.11. The number of hydrogen-bond donors (Lipinski definition) is 1. The minimum atomic E-state index is 0.710. The maximum Gasteiger partial charge on any atom is 0.178 e. The molecule has 0 fully saturated rings. The number of halogens is 1. The Labute approximate surface area is 140 Å². The zero-order chi connectivity index (χ0) is 14.8. The summed E-state index contributed by atoms with van der Waals surface area (Å²) in [5, 5.41) is 2.08. The Morgan fingerprint density at radius 2 is 2.24 bits per heavy atom. The highest BCUT2D eigenvalue weighted by Gasteiger charge is 2.11. The number of H-pyrrole nitrogens is 1. The highest BCUT2D eigenvalue weighted by atomic mass is 79.9. The van der Waals surface area contributed by atoms with Crippen molar-refractivity contribution in [2.24, 2.45) is 0 Å². The summed E-state index contributed by atoms with van der Waals surface area (Å²) in [5.74, 6) is 0.865. The molecule has 0 aliphatic heterocycles. The van der Waals surface area contributed by atoms with Gasteiger partial charge in [0.1, 0.15) is 11.3 Å². The molecule has 2 heterocycles. The van der Waals surface area contributed by atoms with Crippen molar-refractivity contribution in [3.8, 4) is 5.75 Å². The fraction of sp³-hybridized carbons (Fsp3) is 0.267. The van der Waals surface area contributed by atoms with Gasteiger partial charge >= 0.3 is 0 Å². The third-order valence-electron chi connectivity index (χ3n) is 3.23. The molecular formula is C15H15BrN2OS2. The zero-order valence-corrected chi connectivity index (χ0v) is 14.8. The third kappa shape index (κ3) is 2.93. The van der Waals surface area contributed by atoms with E-state index in [1.54, 1.807) is 11.3 Å². The number of aromatic amines is 1. The van der Waals surface area contributed by atoms with Gasteiger partial charge in [-0.15, -0.1) is 11.3 Å². The van der Waals surface area contributed by atoms with Crippen molar-refractivity contribution < 1.29 is 4.74 Å².